The molecule has 5 aromatic rings. The number of ketones is 1. The number of aromatic amines is 1. The third kappa shape index (κ3) is 6.38. The van der Waals surface area contributed by atoms with E-state index in [4.69, 9.17) is 14.2 Å². The number of aromatic nitrogens is 1. The summed E-state index contributed by atoms with van der Waals surface area (Å²) < 4.78 is 18.6. The van der Waals surface area contributed by atoms with Crippen LogP contribution in [0.5, 0.6) is 28.7 Å². The molecule has 0 spiro atoms. The molecular weight excluding hydrogens is 566 g/mol. The first-order valence-electron chi connectivity index (χ1n) is 15.3. The SMILES string of the molecule is CCc1cc(-c2cccc(CCc3c(OCCc4ccccc4)c(OC)c(O)c4c3OC(c3ccc(O)cc3)CC4=O)c2)c[nH]1. The van der Waals surface area contributed by atoms with Crippen LogP contribution in [0.15, 0.2) is 91.1 Å². The molecule has 0 aliphatic carbocycles. The van der Waals surface area contributed by atoms with Crippen LogP contribution in [0.2, 0.25) is 0 Å². The Morgan fingerprint density at radius 2 is 1.64 bits per heavy atom. The highest BCUT2D eigenvalue weighted by molar-refractivity contribution is 6.04. The summed E-state index contributed by atoms with van der Waals surface area (Å²) >= 11 is 0. The number of H-pyrrole nitrogens is 1. The highest BCUT2D eigenvalue weighted by Crippen LogP contribution is 2.52. The van der Waals surface area contributed by atoms with Crippen LogP contribution >= 0.6 is 0 Å². The third-order valence-electron chi connectivity index (χ3n) is 8.34. The van der Waals surface area contributed by atoms with Gasteiger partial charge in [-0.15, -0.1) is 0 Å². The van der Waals surface area contributed by atoms with E-state index in [9.17, 15) is 15.0 Å². The molecule has 0 saturated heterocycles. The van der Waals surface area contributed by atoms with E-state index in [0.29, 0.717) is 42.9 Å². The maximum absolute atomic E-state index is 13.6. The molecule has 230 valence electrons. The number of phenols is 2. The summed E-state index contributed by atoms with van der Waals surface area (Å²) in [6.45, 7) is 2.46. The van der Waals surface area contributed by atoms with Crippen molar-refractivity contribution in [1.29, 1.82) is 0 Å². The van der Waals surface area contributed by atoms with Crippen molar-refractivity contribution < 1.29 is 29.2 Å². The number of carbonyl (C=O) groups excluding carboxylic acids is 1. The Morgan fingerprint density at radius 1 is 0.867 bits per heavy atom. The van der Waals surface area contributed by atoms with E-state index >= 15 is 0 Å². The quantitative estimate of drug-likeness (QED) is 0.143. The molecule has 3 N–H and O–H groups in total. The second kappa shape index (κ2) is 13.2. The zero-order chi connectivity index (χ0) is 31.3. The van der Waals surface area contributed by atoms with Gasteiger partial charge in [0, 0.05) is 23.9 Å². The Morgan fingerprint density at radius 3 is 2.38 bits per heavy atom. The number of phenolic OH excluding ortho intramolecular Hbond substituents is 2. The number of aryl methyl sites for hydroxylation is 2. The van der Waals surface area contributed by atoms with Gasteiger partial charge < -0.3 is 29.4 Å². The van der Waals surface area contributed by atoms with Gasteiger partial charge in [-0.1, -0.05) is 73.7 Å². The summed E-state index contributed by atoms with van der Waals surface area (Å²) in [6.07, 6.45) is 4.18. The fourth-order valence-electron chi connectivity index (χ4n) is 5.91. The number of ether oxygens (including phenoxy) is 3. The first kappa shape index (κ1) is 29.9. The molecule has 1 aliphatic heterocycles. The van der Waals surface area contributed by atoms with Gasteiger partial charge in [0.05, 0.1) is 20.1 Å². The summed E-state index contributed by atoms with van der Waals surface area (Å²) in [7, 11) is 1.47. The van der Waals surface area contributed by atoms with E-state index in [-0.39, 0.29) is 35.0 Å². The third-order valence-corrected chi connectivity index (χ3v) is 8.34. The molecule has 1 aromatic heterocycles. The molecule has 1 atom stereocenters. The normalized spacial score (nSPS) is 14.1. The monoisotopic (exact) mass is 603 g/mol. The lowest BCUT2D eigenvalue weighted by molar-refractivity contribution is 0.0840. The molecule has 0 amide bonds. The van der Waals surface area contributed by atoms with Crippen molar-refractivity contribution in [3.8, 4) is 39.9 Å². The first-order valence-corrected chi connectivity index (χ1v) is 15.3. The molecule has 45 heavy (non-hydrogen) atoms. The average molecular weight is 604 g/mol. The highest BCUT2D eigenvalue weighted by atomic mass is 16.5. The Labute approximate surface area is 263 Å². The van der Waals surface area contributed by atoms with Crippen LogP contribution in [-0.2, 0) is 25.7 Å². The van der Waals surface area contributed by atoms with Gasteiger partial charge in [-0.05, 0) is 65.3 Å². The fraction of sp³-hybridized carbons (Fsp3) is 0.237. The molecule has 0 saturated carbocycles. The molecule has 7 nitrogen and oxygen atoms in total. The van der Waals surface area contributed by atoms with Crippen LogP contribution in [-0.4, -0.2) is 34.7 Å². The van der Waals surface area contributed by atoms with Crippen molar-refractivity contribution in [3.63, 3.8) is 0 Å². The summed E-state index contributed by atoms with van der Waals surface area (Å²) in [4.78, 5) is 16.9. The Kier molecular flexibility index (Phi) is 8.78. The largest absolute Gasteiger partial charge is 0.508 e. The van der Waals surface area contributed by atoms with Crippen molar-refractivity contribution in [3.05, 3.63) is 125 Å². The smallest absolute Gasteiger partial charge is 0.204 e. The zero-order valence-corrected chi connectivity index (χ0v) is 25.5. The number of hydrogen-bond donors (Lipinski definition) is 3. The van der Waals surface area contributed by atoms with Crippen molar-refractivity contribution in [2.45, 2.75) is 45.1 Å². The second-order valence-corrected chi connectivity index (χ2v) is 11.3. The summed E-state index contributed by atoms with van der Waals surface area (Å²) in [6, 6.07) is 27.2. The van der Waals surface area contributed by atoms with Gasteiger partial charge in [0.15, 0.2) is 17.3 Å². The lowest BCUT2D eigenvalue weighted by Gasteiger charge is -2.30. The van der Waals surface area contributed by atoms with E-state index in [0.717, 1.165) is 34.2 Å². The van der Waals surface area contributed by atoms with E-state index < -0.39 is 6.10 Å². The highest BCUT2D eigenvalue weighted by Gasteiger charge is 2.37. The van der Waals surface area contributed by atoms with Crippen LogP contribution in [0.4, 0.5) is 0 Å². The molecule has 0 bridgehead atoms. The summed E-state index contributed by atoms with van der Waals surface area (Å²) in [5.41, 5.74) is 7.20. The molecule has 6 rings (SSSR count). The van der Waals surface area contributed by atoms with Crippen LogP contribution in [0, 0.1) is 0 Å². The molecule has 1 unspecified atom stereocenters. The van der Waals surface area contributed by atoms with Crippen molar-refractivity contribution in [2.24, 2.45) is 0 Å². The fourth-order valence-corrected chi connectivity index (χ4v) is 5.91. The topological polar surface area (TPSA) is 101 Å². The van der Waals surface area contributed by atoms with Gasteiger partial charge in [-0.3, -0.25) is 4.79 Å². The number of aromatic hydroxyl groups is 2. The summed E-state index contributed by atoms with van der Waals surface area (Å²) in [5.74, 6) is 0.422. The van der Waals surface area contributed by atoms with E-state index in [1.165, 1.54) is 12.8 Å². The number of rotatable bonds is 11. The zero-order valence-electron chi connectivity index (χ0n) is 25.5. The number of hydrogen-bond acceptors (Lipinski definition) is 6. The maximum Gasteiger partial charge on any atom is 0.204 e. The van der Waals surface area contributed by atoms with Gasteiger partial charge in [-0.25, -0.2) is 0 Å². The van der Waals surface area contributed by atoms with Gasteiger partial charge >= 0.3 is 0 Å². The first-order chi connectivity index (χ1) is 21.9. The van der Waals surface area contributed by atoms with Crippen LogP contribution in [0.1, 0.15) is 57.8 Å². The molecule has 4 aromatic carbocycles. The predicted octanol–water partition coefficient (Wildman–Crippen LogP) is 7.78. The molecular formula is C38H37NO6. The van der Waals surface area contributed by atoms with Crippen molar-refractivity contribution in [1.82, 2.24) is 4.98 Å². The second-order valence-electron chi connectivity index (χ2n) is 11.3. The standard InChI is InChI=1S/C38H37NO6/c1-3-29-21-28(23-39-29)27-11-7-10-25(20-27)12-17-31-36-34(32(41)22-33(45-36)26-13-15-30(40)16-14-26)35(42)38(43-2)37(31)44-19-18-24-8-5-4-6-9-24/h4-11,13-16,20-21,23,33,39-40,42H,3,12,17-19,22H2,1-2H3. The number of methoxy groups -OCH3 is 1. The maximum atomic E-state index is 13.6. The molecule has 0 radical (unpaired) electrons. The number of nitrogens with one attached hydrogen (secondary N) is 1. The number of fused-ring (bicyclic) bond motifs is 1. The summed E-state index contributed by atoms with van der Waals surface area (Å²) in [5, 5.41) is 21.2. The van der Waals surface area contributed by atoms with Gasteiger partial charge in [0.25, 0.3) is 0 Å². The number of benzene rings is 4. The van der Waals surface area contributed by atoms with Crippen molar-refractivity contribution in [2.75, 3.05) is 13.7 Å². The minimum absolute atomic E-state index is 0.0423. The van der Waals surface area contributed by atoms with Gasteiger partial charge in [-0.2, -0.15) is 0 Å². The molecule has 1 aliphatic rings. The minimum atomic E-state index is -0.584. The lowest BCUT2D eigenvalue weighted by atomic mass is 9.90. The predicted molar refractivity (Wildman–Crippen MR) is 174 cm³/mol. The Hall–Kier alpha value is -5.17. The van der Waals surface area contributed by atoms with Crippen LogP contribution in [0.25, 0.3) is 11.1 Å². The Balaban J connectivity index is 1.38. The van der Waals surface area contributed by atoms with Crippen molar-refractivity contribution >= 4 is 5.78 Å². The average Bonchev–Trinajstić information content (AvgIpc) is 3.55. The minimum Gasteiger partial charge on any atom is -0.508 e. The van der Waals surface area contributed by atoms with Gasteiger partial charge in [0.2, 0.25) is 5.75 Å². The van der Waals surface area contributed by atoms with E-state index in [1.807, 2.05) is 42.6 Å². The molecule has 7 heteroatoms. The molecule has 0 fully saturated rings. The van der Waals surface area contributed by atoms with E-state index in [2.05, 4.69) is 36.2 Å². The lowest BCUT2D eigenvalue weighted by Crippen LogP contribution is -2.23. The van der Waals surface area contributed by atoms with Crippen LogP contribution in [0.3, 0.4) is 0 Å². The van der Waals surface area contributed by atoms with E-state index in [1.54, 1.807) is 24.3 Å². The Bertz CT molecular complexity index is 1790. The number of carbonyl (C=O) groups is 1. The van der Waals surface area contributed by atoms with Crippen LogP contribution < -0.4 is 14.2 Å². The van der Waals surface area contributed by atoms with Gasteiger partial charge in [0.1, 0.15) is 23.2 Å². The number of Topliss-reactive ketones (excluding diaryl/α,β-unsaturated/α-hetero) is 1. The molecule has 2 heterocycles.